The van der Waals surface area contributed by atoms with Crippen LogP contribution in [0, 0.1) is 3.57 Å². The van der Waals surface area contributed by atoms with Crippen LogP contribution in [0.1, 0.15) is 0 Å². The zero-order valence-electron chi connectivity index (χ0n) is 6.34. The Bertz CT molecular complexity index is 485. The number of aromatic amines is 1. The number of nitrogens with one attached hydrogen (secondary N) is 1. The Labute approximate surface area is 81.7 Å². The zero-order chi connectivity index (χ0) is 8.72. The van der Waals surface area contributed by atoms with Gasteiger partial charge in [-0.2, -0.15) is 5.10 Å². The predicted octanol–water partition coefficient (Wildman–Crippen LogP) is 0.866. The fourth-order valence-corrected chi connectivity index (χ4v) is 2.03. The summed E-state index contributed by atoms with van der Waals surface area (Å²) < 4.78 is 2.85. The van der Waals surface area contributed by atoms with Gasteiger partial charge in [0.1, 0.15) is 5.52 Å². The molecule has 0 fully saturated rings. The van der Waals surface area contributed by atoms with Crippen LogP contribution in [0.5, 0.6) is 0 Å². The minimum absolute atomic E-state index is 0.141. The van der Waals surface area contributed by atoms with E-state index in [2.05, 4.69) is 32.8 Å². The molecular formula is C7H6IN3O. The molecule has 0 radical (unpaired) electrons. The Hall–Kier alpha value is -0.850. The summed E-state index contributed by atoms with van der Waals surface area (Å²) in [4.78, 5) is 11.3. The van der Waals surface area contributed by atoms with Crippen molar-refractivity contribution in [3.8, 4) is 0 Å². The van der Waals surface area contributed by atoms with Gasteiger partial charge in [0.25, 0.3) is 5.56 Å². The van der Waals surface area contributed by atoms with Gasteiger partial charge >= 0.3 is 0 Å². The number of aromatic nitrogens is 3. The van der Waals surface area contributed by atoms with E-state index in [0.717, 1.165) is 8.96 Å². The van der Waals surface area contributed by atoms with Gasteiger partial charge in [-0.05, 0) is 22.6 Å². The highest BCUT2D eigenvalue weighted by atomic mass is 127. The second-order valence-electron chi connectivity index (χ2n) is 2.55. The maximum absolute atomic E-state index is 11.3. The zero-order valence-corrected chi connectivity index (χ0v) is 8.49. The van der Waals surface area contributed by atoms with Gasteiger partial charge in [0.2, 0.25) is 0 Å². The Morgan fingerprint density at radius 3 is 3.08 bits per heavy atom. The van der Waals surface area contributed by atoms with Crippen molar-refractivity contribution in [2.24, 2.45) is 7.05 Å². The summed E-state index contributed by atoms with van der Waals surface area (Å²) >= 11 is 2.18. The van der Waals surface area contributed by atoms with E-state index < -0.39 is 0 Å². The number of aryl methyl sites for hydroxylation is 1. The van der Waals surface area contributed by atoms with E-state index in [0.29, 0.717) is 5.52 Å². The molecule has 62 valence electrons. The number of rotatable bonds is 0. The van der Waals surface area contributed by atoms with Crippen LogP contribution in [0.25, 0.3) is 10.9 Å². The lowest BCUT2D eigenvalue weighted by Crippen LogP contribution is -2.09. The third-order valence-corrected chi connectivity index (χ3v) is 2.61. The topological polar surface area (TPSA) is 50.7 Å². The number of hydrogen-bond acceptors (Lipinski definition) is 2. The van der Waals surface area contributed by atoms with Crippen LogP contribution in [-0.4, -0.2) is 14.8 Å². The Morgan fingerprint density at radius 1 is 1.67 bits per heavy atom. The maximum Gasteiger partial charge on any atom is 0.288 e. The Kier molecular flexibility index (Phi) is 1.67. The molecule has 0 atom stereocenters. The van der Waals surface area contributed by atoms with Crippen molar-refractivity contribution in [1.29, 1.82) is 0 Å². The average Bonchev–Trinajstić information content (AvgIpc) is 2.29. The molecule has 2 aromatic heterocycles. The van der Waals surface area contributed by atoms with Crippen LogP contribution < -0.4 is 5.56 Å². The molecule has 0 aromatic carbocycles. The molecule has 4 nitrogen and oxygen atoms in total. The first-order chi connectivity index (χ1) is 5.70. The van der Waals surface area contributed by atoms with Crippen LogP contribution in [0.3, 0.4) is 0 Å². The second kappa shape index (κ2) is 2.58. The average molecular weight is 275 g/mol. The monoisotopic (exact) mass is 275 g/mol. The molecule has 0 aliphatic heterocycles. The molecule has 1 N–H and O–H groups in total. The maximum atomic E-state index is 11.3. The summed E-state index contributed by atoms with van der Waals surface area (Å²) in [7, 11) is 1.85. The summed E-state index contributed by atoms with van der Waals surface area (Å²) in [5.41, 5.74) is 0.535. The van der Waals surface area contributed by atoms with E-state index in [1.807, 2.05) is 13.2 Å². The molecule has 0 aliphatic rings. The molecule has 0 aliphatic carbocycles. The van der Waals surface area contributed by atoms with Gasteiger partial charge in [-0.3, -0.25) is 4.79 Å². The smallest absolute Gasteiger partial charge is 0.288 e. The molecule has 2 heterocycles. The molecule has 0 unspecified atom stereocenters. The van der Waals surface area contributed by atoms with Crippen LogP contribution >= 0.6 is 22.6 Å². The largest absolute Gasteiger partial charge is 0.345 e. The Morgan fingerprint density at radius 2 is 2.42 bits per heavy atom. The standard InChI is InChI=1S/C7H6IN3O/c1-11-3-5(8)4-2-9-10-7(12)6(4)11/h2-3H,1H3,(H,10,12). The van der Waals surface area contributed by atoms with Crippen molar-refractivity contribution in [2.75, 3.05) is 0 Å². The molecule has 12 heavy (non-hydrogen) atoms. The fraction of sp³-hybridized carbons (Fsp3) is 0.143. The van der Waals surface area contributed by atoms with E-state index in [1.165, 1.54) is 0 Å². The SMILES string of the molecule is Cn1cc(I)c2cn[nH]c(=O)c21. The lowest BCUT2D eigenvalue weighted by molar-refractivity contribution is 0.933. The van der Waals surface area contributed by atoms with Gasteiger partial charge in [-0.15, -0.1) is 0 Å². The minimum atomic E-state index is -0.141. The number of fused-ring (bicyclic) bond motifs is 1. The lowest BCUT2D eigenvalue weighted by atomic mass is 10.4. The predicted molar refractivity (Wildman–Crippen MR) is 54.1 cm³/mol. The molecule has 2 rings (SSSR count). The third kappa shape index (κ3) is 0.961. The number of nitrogens with zero attached hydrogens (tertiary/aromatic N) is 2. The minimum Gasteiger partial charge on any atom is -0.345 e. The molecule has 2 aromatic rings. The van der Waals surface area contributed by atoms with Crippen molar-refractivity contribution in [3.05, 3.63) is 26.3 Å². The van der Waals surface area contributed by atoms with Gasteiger partial charge in [-0.1, -0.05) is 0 Å². The summed E-state index contributed by atoms with van der Waals surface area (Å²) in [6, 6.07) is 0. The molecule has 0 amide bonds. The van der Waals surface area contributed by atoms with E-state index in [1.54, 1.807) is 10.8 Å². The number of H-pyrrole nitrogens is 1. The first-order valence-corrected chi connectivity index (χ1v) is 4.46. The van der Waals surface area contributed by atoms with Gasteiger partial charge in [-0.25, -0.2) is 5.10 Å². The fourth-order valence-electron chi connectivity index (χ4n) is 1.22. The second-order valence-corrected chi connectivity index (χ2v) is 3.71. The first kappa shape index (κ1) is 7.78. The summed E-state index contributed by atoms with van der Waals surface area (Å²) in [5, 5.41) is 7.03. The highest BCUT2D eigenvalue weighted by molar-refractivity contribution is 14.1. The molecule has 0 spiro atoms. The van der Waals surface area contributed by atoms with Crippen LogP contribution in [0.4, 0.5) is 0 Å². The molecule has 0 saturated carbocycles. The van der Waals surface area contributed by atoms with Crippen molar-refractivity contribution < 1.29 is 0 Å². The van der Waals surface area contributed by atoms with E-state index >= 15 is 0 Å². The molecule has 0 bridgehead atoms. The number of hydrogen-bond donors (Lipinski definition) is 1. The van der Waals surface area contributed by atoms with E-state index in [4.69, 9.17) is 0 Å². The quantitative estimate of drug-likeness (QED) is 0.725. The van der Waals surface area contributed by atoms with E-state index in [-0.39, 0.29) is 5.56 Å². The highest BCUT2D eigenvalue weighted by Crippen LogP contribution is 2.17. The van der Waals surface area contributed by atoms with Crippen molar-refractivity contribution >= 4 is 33.5 Å². The Balaban J connectivity index is 3.09. The highest BCUT2D eigenvalue weighted by Gasteiger charge is 2.06. The third-order valence-electron chi connectivity index (χ3n) is 1.75. The van der Waals surface area contributed by atoms with Gasteiger partial charge in [0, 0.05) is 22.2 Å². The first-order valence-electron chi connectivity index (χ1n) is 3.38. The van der Waals surface area contributed by atoms with Gasteiger partial charge in [0.15, 0.2) is 0 Å². The van der Waals surface area contributed by atoms with Crippen LogP contribution in [0.2, 0.25) is 0 Å². The molecule has 5 heteroatoms. The molecule has 0 saturated heterocycles. The summed E-state index contributed by atoms with van der Waals surface area (Å²) in [5.74, 6) is 0. The summed E-state index contributed by atoms with van der Waals surface area (Å²) in [6.45, 7) is 0. The van der Waals surface area contributed by atoms with Gasteiger partial charge in [0.05, 0.1) is 6.20 Å². The normalized spacial score (nSPS) is 10.8. The summed E-state index contributed by atoms with van der Waals surface area (Å²) in [6.07, 6.45) is 3.57. The van der Waals surface area contributed by atoms with E-state index in [9.17, 15) is 4.79 Å². The number of halogens is 1. The van der Waals surface area contributed by atoms with Crippen molar-refractivity contribution in [1.82, 2.24) is 14.8 Å². The molecular weight excluding hydrogens is 269 g/mol. The van der Waals surface area contributed by atoms with Crippen LogP contribution in [0.15, 0.2) is 17.2 Å². The lowest BCUT2D eigenvalue weighted by Gasteiger charge is -1.91. The van der Waals surface area contributed by atoms with Crippen molar-refractivity contribution in [2.45, 2.75) is 0 Å². The van der Waals surface area contributed by atoms with Gasteiger partial charge < -0.3 is 4.57 Å². The van der Waals surface area contributed by atoms with Crippen molar-refractivity contribution in [3.63, 3.8) is 0 Å². The van der Waals surface area contributed by atoms with Crippen LogP contribution in [-0.2, 0) is 7.05 Å².